The van der Waals surface area contributed by atoms with Gasteiger partial charge in [-0.25, -0.2) is 4.98 Å². The van der Waals surface area contributed by atoms with E-state index in [0.717, 1.165) is 37.4 Å². The average Bonchev–Trinajstić information content (AvgIpc) is 3.53. The summed E-state index contributed by atoms with van der Waals surface area (Å²) in [6.45, 7) is 1.94. The Morgan fingerprint density at radius 2 is 1.56 bits per heavy atom. The first-order valence-corrected chi connectivity index (χ1v) is 10.4. The number of nitrogens with one attached hydrogen (secondary N) is 2. The van der Waals surface area contributed by atoms with Gasteiger partial charge in [0.05, 0.1) is 0 Å². The van der Waals surface area contributed by atoms with E-state index in [0.29, 0.717) is 5.95 Å². The minimum atomic E-state index is -4.55. The zero-order valence-electron chi connectivity index (χ0n) is 17.4. The van der Waals surface area contributed by atoms with Crippen molar-refractivity contribution in [1.82, 2.24) is 19.9 Å². The molecule has 32 heavy (non-hydrogen) atoms. The Kier molecular flexibility index (Phi) is 5.03. The highest BCUT2D eigenvalue weighted by Gasteiger charge is 2.33. The highest BCUT2D eigenvalue weighted by molar-refractivity contribution is 5.55. The minimum Gasteiger partial charge on any atom is -0.351 e. The van der Waals surface area contributed by atoms with Crippen molar-refractivity contribution in [3.8, 4) is 11.5 Å². The normalized spacial score (nSPS) is 15.4. The van der Waals surface area contributed by atoms with E-state index in [1.165, 1.54) is 28.8 Å². The number of rotatable bonds is 5. The summed E-state index contributed by atoms with van der Waals surface area (Å²) in [6, 6.07) is 12.0. The Morgan fingerprint density at radius 3 is 2.22 bits per heavy atom. The number of hydrogen-bond donors (Lipinski definition) is 2. The SMILES string of the molecule is CC(Nc1nc(NC2Cc3ccccc3C2)nc(-c2cccc(C(F)(F)F)n2)n1)=C1CC1. The van der Waals surface area contributed by atoms with Crippen molar-refractivity contribution < 1.29 is 13.2 Å². The molecule has 1 saturated carbocycles. The van der Waals surface area contributed by atoms with Crippen LogP contribution >= 0.6 is 0 Å². The molecule has 2 aromatic heterocycles. The number of pyridine rings is 1. The molecular weight excluding hydrogens is 417 g/mol. The summed E-state index contributed by atoms with van der Waals surface area (Å²) in [5.41, 5.74) is 3.84. The van der Waals surface area contributed by atoms with Crippen LogP contribution in [0.15, 0.2) is 53.7 Å². The number of halogens is 3. The summed E-state index contributed by atoms with van der Waals surface area (Å²) in [7, 11) is 0. The van der Waals surface area contributed by atoms with Gasteiger partial charge in [0, 0.05) is 11.7 Å². The van der Waals surface area contributed by atoms with E-state index in [1.807, 2.05) is 19.1 Å². The maximum Gasteiger partial charge on any atom is 0.433 e. The van der Waals surface area contributed by atoms with Crippen LogP contribution in [0.4, 0.5) is 25.1 Å². The molecule has 0 saturated heterocycles. The van der Waals surface area contributed by atoms with Gasteiger partial charge in [-0.2, -0.15) is 28.1 Å². The van der Waals surface area contributed by atoms with Gasteiger partial charge in [-0.3, -0.25) is 0 Å². The molecule has 2 heterocycles. The predicted octanol–water partition coefficient (Wildman–Crippen LogP) is 5.01. The van der Waals surface area contributed by atoms with Crippen molar-refractivity contribution in [3.05, 3.63) is 70.6 Å². The van der Waals surface area contributed by atoms with Crippen molar-refractivity contribution in [2.24, 2.45) is 0 Å². The summed E-state index contributed by atoms with van der Waals surface area (Å²) in [4.78, 5) is 17.0. The van der Waals surface area contributed by atoms with Gasteiger partial charge in [0.15, 0.2) is 5.82 Å². The summed E-state index contributed by atoms with van der Waals surface area (Å²) < 4.78 is 39.5. The molecule has 1 fully saturated rings. The average molecular weight is 438 g/mol. The Morgan fingerprint density at radius 1 is 0.875 bits per heavy atom. The van der Waals surface area contributed by atoms with Gasteiger partial charge in [-0.15, -0.1) is 0 Å². The molecule has 164 valence electrons. The Bertz CT molecular complexity index is 1170. The zero-order valence-corrected chi connectivity index (χ0v) is 17.4. The lowest BCUT2D eigenvalue weighted by atomic mass is 10.1. The maximum absolute atomic E-state index is 13.2. The van der Waals surface area contributed by atoms with Gasteiger partial charge in [0.1, 0.15) is 11.4 Å². The molecule has 2 N–H and O–H groups in total. The van der Waals surface area contributed by atoms with Crippen LogP contribution in [0.25, 0.3) is 11.5 Å². The topological polar surface area (TPSA) is 75.6 Å². The number of fused-ring (bicyclic) bond motifs is 1. The molecule has 0 bridgehead atoms. The fourth-order valence-electron chi connectivity index (χ4n) is 3.87. The molecule has 5 rings (SSSR count). The van der Waals surface area contributed by atoms with Crippen LogP contribution in [-0.4, -0.2) is 26.0 Å². The number of anilines is 2. The van der Waals surface area contributed by atoms with Gasteiger partial charge in [-0.05, 0) is 55.9 Å². The van der Waals surface area contributed by atoms with Crippen molar-refractivity contribution in [1.29, 1.82) is 0 Å². The van der Waals surface area contributed by atoms with Crippen LogP contribution in [0.3, 0.4) is 0 Å². The van der Waals surface area contributed by atoms with Gasteiger partial charge >= 0.3 is 6.18 Å². The molecule has 2 aliphatic rings. The molecule has 1 aromatic carbocycles. The summed E-state index contributed by atoms with van der Waals surface area (Å²) in [5, 5.41) is 6.50. The molecular formula is C23H21F3N6. The largest absolute Gasteiger partial charge is 0.433 e. The first-order valence-electron chi connectivity index (χ1n) is 10.4. The Hall–Kier alpha value is -3.49. The number of alkyl halides is 3. The van der Waals surface area contributed by atoms with E-state index in [-0.39, 0.29) is 23.5 Å². The number of allylic oxidation sites excluding steroid dienone is 2. The number of aromatic nitrogens is 4. The molecule has 2 aliphatic carbocycles. The number of hydrogen-bond acceptors (Lipinski definition) is 6. The van der Waals surface area contributed by atoms with Gasteiger partial charge in [0.2, 0.25) is 11.9 Å². The van der Waals surface area contributed by atoms with E-state index in [2.05, 4.69) is 42.7 Å². The van der Waals surface area contributed by atoms with E-state index in [1.54, 1.807) is 0 Å². The fraction of sp³-hybridized carbons (Fsp3) is 0.304. The molecule has 0 radical (unpaired) electrons. The second-order valence-corrected chi connectivity index (χ2v) is 8.08. The van der Waals surface area contributed by atoms with Crippen LogP contribution in [0.1, 0.15) is 36.6 Å². The molecule has 0 spiro atoms. The lowest BCUT2D eigenvalue weighted by Gasteiger charge is -2.15. The highest BCUT2D eigenvalue weighted by Crippen LogP contribution is 2.32. The second kappa shape index (κ2) is 7.89. The van der Waals surface area contributed by atoms with E-state index in [4.69, 9.17) is 0 Å². The minimum absolute atomic E-state index is 0.0414. The first kappa shape index (κ1) is 20.4. The van der Waals surface area contributed by atoms with Crippen LogP contribution in [0.5, 0.6) is 0 Å². The maximum atomic E-state index is 13.2. The molecule has 3 aromatic rings. The monoisotopic (exact) mass is 438 g/mol. The molecule has 0 aliphatic heterocycles. The van der Waals surface area contributed by atoms with Gasteiger partial charge < -0.3 is 10.6 Å². The van der Waals surface area contributed by atoms with Crippen LogP contribution in [0.2, 0.25) is 0 Å². The zero-order chi connectivity index (χ0) is 22.3. The lowest BCUT2D eigenvalue weighted by molar-refractivity contribution is -0.141. The van der Waals surface area contributed by atoms with Gasteiger partial charge in [0.25, 0.3) is 0 Å². The van der Waals surface area contributed by atoms with Crippen LogP contribution in [-0.2, 0) is 19.0 Å². The predicted molar refractivity (Wildman–Crippen MR) is 115 cm³/mol. The third-order valence-corrected chi connectivity index (χ3v) is 5.62. The number of nitrogens with zero attached hydrogens (tertiary/aromatic N) is 4. The molecule has 6 nitrogen and oxygen atoms in total. The summed E-state index contributed by atoms with van der Waals surface area (Å²) in [5.74, 6) is 0.674. The lowest BCUT2D eigenvalue weighted by Crippen LogP contribution is -2.22. The molecule has 0 unspecified atom stereocenters. The Labute approximate surface area is 183 Å². The van der Waals surface area contributed by atoms with Crippen molar-refractivity contribution in [2.75, 3.05) is 10.6 Å². The van der Waals surface area contributed by atoms with Gasteiger partial charge in [-0.1, -0.05) is 35.9 Å². The Balaban J connectivity index is 1.47. The third kappa shape index (κ3) is 4.42. The highest BCUT2D eigenvalue weighted by atomic mass is 19.4. The van der Waals surface area contributed by atoms with E-state index >= 15 is 0 Å². The molecule has 0 amide bonds. The summed E-state index contributed by atoms with van der Waals surface area (Å²) >= 11 is 0. The first-order chi connectivity index (χ1) is 15.3. The number of benzene rings is 1. The smallest absolute Gasteiger partial charge is 0.351 e. The van der Waals surface area contributed by atoms with Crippen LogP contribution < -0.4 is 10.6 Å². The standard InChI is InChI=1S/C23H21F3N6/c1-13(14-9-10-14)27-21-30-20(18-7-4-8-19(29-18)23(24,25)26)31-22(32-21)28-17-11-15-5-2-3-6-16(15)12-17/h2-8,17H,9-12H2,1H3,(H2,27,28,30,31,32). The van der Waals surface area contributed by atoms with E-state index < -0.39 is 11.9 Å². The van der Waals surface area contributed by atoms with Crippen LogP contribution in [0, 0.1) is 0 Å². The molecule has 9 heteroatoms. The quantitative estimate of drug-likeness (QED) is 0.583. The van der Waals surface area contributed by atoms with E-state index in [9.17, 15) is 13.2 Å². The third-order valence-electron chi connectivity index (χ3n) is 5.62. The fourth-order valence-corrected chi connectivity index (χ4v) is 3.87. The van der Waals surface area contributed by atoms with Crippen molar-refractivity contribution >= 4 is 11.9 Å². The van der Waals surface area contributed by atoms with Crippen molar-refractivity contribution in [3.63, 3.8) is 0 Å². The van der Waals surface area contributed by atoms with Crippen molar-refractivity contribution in [2.45, 2.75) is 44.8 Å². The second-order valence-electron chi connectivity index (χ2n) is 8.08. The summed E-state index contributed by atoms with van der Waals surface area (Å²) in [6.07, 6.45) is -0.849. The molecule has 0 atom stereocenters.